The molecule has 0 aliphatic carbocycles. The van der Waals surface area contributed by atoms with Crippen molar-refractivity contribution < 1.29 is 19.4 Å². The Bertz CT molecular complexity index is 1130. The van der Waals surface area contributed by atoms with E-state index in [1.165, 1.54) is 11.3 Å². The van der Waals surface area contributed by atoms with E-state index in [4.69, 9.17) is 11.2 Å². The Morgan fingerprint density at radius 2 is 2.03 bits per heavy atom. The minimum absolute atomic E-state index is 0.149. The van der Waals surface area contributed by atoms with Gasteiger partial charge in [-0.05, 0) is 23.3 Å². The quantitative estimate of drug-likeness (QED) is 0.611. The van der Waals surface area contributed by atoms with Gasteiger partial charge in [0.25, 0.3) is 0 Å². The Labute approximate surface area is 172 Å². The van der Waals surface area contributed by atoms with E-state index in [-0.39, 0.29) is 29.7 Å². The van der Waals surface area contributed by atoms with E-state index < -0.39 is 5.97 Å². The zero-order chi connectivity index (χ0) is 20.4. The molecule has 1 aliphatic rings. The van der Waals surface area contributed by atoms with Gasteiger partial charge in [-0.2, -0.15) is 0 Å². The number of carboxylic acids is 1. The summed E-state index contributed by atoms with van der Waals surface area (Å²) in [7, 11) is 0. The van der Waals surface area contributed by atoms with E-state index in [9.17, 15) is 14.7 Å². The highest BCUT2D eigenvalue weighted by atomic mass is 32.1. The number of carbonyl (C=O) groups is 2. The van der Waals surface area contributed by atoms with Gasteiger partial charge in [0.05, 0.1) is 5.69 Å². The van der Waals surface area contributed by atoms with Gasteiger partial charge in [0.15, 0.2) is 0 Å². The van der Waals surface area contributed by atoms with Gasteiger partial charge in [-0.15, -0.1) is 17.8 Å². The van der Waals surface area contributed by atoms with E-state index in [1.54, 1.807) is 6.07 Å². The molecule has 0 saturated carbocycles. The van der Waals surface area contributed by atoms with Crippen LogP contribution in [0.25, 0.3) is 11.1 Å². The third-order valence-corrected chi connectivity index (χ3v) is 6.04. The molecular weight excluding hydrogens is 386 g/mol. The lowest BCUT2D eigenvalue weighted by atomic mass is 9.88. The first-order valence-corrected chi connectivity index (χ1v) is 9.81. The zero-order valence-corrected chi connectivity index (χ0v) is 16.2. The van der Waals surface area contributed by atoms with Gasteiger partial charge in [0.1, 0.15) is 17.2 Å². The molecule has 0 spiro atoms. The molecule has 1 aromatic heterocycles. The number of carboxylic acid groups (broad SMARTS) is 1. The van der Waals surface area contributed by atoms with Crippen LogP contribution in [0.15, 0.2) is 54.6 Å². The normalized spacial score (nSPS) is 15.1. The SMILES string of the molecule is C#CCOc1cccc([C@@H]2CC(=O)Nc3c2sc(C(=O)O)c3-c2ccccc2)c1. The van der Waals surface area contributed by atoms with Crippen molar-refractivity contribution in [3.05, 3.63) is 69.9 Å². The minimum Gasteiger partial charge on any atom is -0.481 e. The lowest BCUT2D eigenvalue weighted by Crippen LogP contribution is -2.22. The van der Waals surface area contributed by atoms with Crippen molar-refractivity contribution in [1.29, 1.82) is 0 Å². The van der Waals surface area contributed by atoms with Crippen LogP contribution in [0.3, 0.4) is 0 Å². The van der Waals surface area contributed by atoms with Gasteiger partial charge in [-0.1, -0.05) is 48.4 Å². The third kappa shape index (κ3) is 3.60. The molecule has 6 heteroatoms. The highest BCUT2D eigenvalue weighted by molar-refractivity contribution is 7.15. The van der Waals surface area contributed by atoms with Crippen LogP contribution in [-0.4, -0.2) is 23.6 Å². The van der Waals surface area contributed by atoms with Gasteiger partial charge >= 0.3 is 5.97 Å². The molecule has 0 radical (unpaired) electrons. The number of amides is 1. The number of anilines is 1. The summed E-state index contributed by atoms with van der Waals surface area (Å²) in [6, 6.07) is 16.7. The molecule has 0 fully saturated rings. The molecule has 0 unspecified atom stereocenters. The van der Waals surface area contributed by atoms with E-state index in [2.05, 4.69) is 11.2 Å². The van der Waals surface area contributed by atoms with Crippen LogP contribution in [0.1, 0.15) is 32.5 Å². The molecule has 1 amide bonds. The molecular formula is C23H17NO4S. The van der Waals surface area contributed by atoms with Crippen molar-refractivity contribution in [1.82, 2.24) is 0 Å². The van der Waals surface area contributed by atoms with Crippen molar-refractivity contribution in [2.75, 3.05) is 11.9 Å². The Kier molecular flexibility index (Phi) is 5.07. The molecule has 2 aromatic carbocycles. The molecule has 2 heterocycles. The maximum atomic E-state index is 12.5. The number of hydrogen-bond donors (Lipinski definition) is 2. The third-order valence-electron chi connectivity index (χ3n) is 4.75. The highest BCUT2D eigenvalue weighted by Gasteiger charge is 2.34. The van der Waals surface area contributed by atoms with Crippen LogP contribution in [-0.2, 0) is 4.79 Å². The number of terminal acetylenes is 1. The number of ether oxygens (including phenoxy) is 1. The minimum atomic E-state index is -1.01. The number of thiophene rings is 1. The molecule has 5 nitrogen and oxygen atoms in total. The number of rotatable bonds is 5. The molecule has 0 saturated heterocycles. The summed E-state index contributed by atoms with van der Waals surface area (Å²) < 4.78 is 5.51. The molecule has 1 aliphatic heterocycles. The smallest absolute Gasteiger partial charge is 0.346 e. The summed E-state index contributed by atoms with van der Waals surface area (Å²) in [5.41, 5.74) is 2.77. The first kappa shape index (κ1) is 18.8. The number of carbonyl (C=O) groups excluding carboxylic acids is 1. The van der Waals surface area contributed by atoms with E-state index in [0.717, 1.165) is 16.0 Å². The van der Waals surface area contributed by atoms with Crippen molar-refractivity contribution >= 4 is 28.9 Å². The number of benzene rings is 2. The molecule has 3 aromatic rings. The first-order chi connectivity index (χ1) is 14.1. The molecule has 4 rings (SSSR count). The Morgan fingerprint density at radius 1 is 1.24 bits per heavy atom. The summed E-state index contributed by atoms with van der Waals surface area (Å²) in [6.07, 6.45) is 5.50. The summed E-state index contributed by atoms with van der Waals surface area (Å²) in [4.78, 5) is 25.5. The van der Waals surface area contributed by atoms with Crippen molar-refractivity contribution in [3.63, 3.8) is 0 Å². The van der Waals surface area contributed by atoms with Gasteiger partial charge in [-0.25, -0.2) is 4.79 Å². The lowest BCUT2D eigenvalue weighted by molar-refractivity contribution is -0.116. The fourth-order valence-electron chi connectivity index (χ4n) is 3.53. The predicted octanol–water partition coefficient (Wildman–Crippen LogP) is 4.60. The van der Waals surface area contributed by atoms with Gasteiger partial charge in [0.2, 0.25) is 5.91 Å². The van der Waals surface area contributed by atoms with Crippen molar-refractivity contribution in [3.8, 4) is 29.2 Å². The predicted molar refractivity (Wildman–Crippen MR) is 113 cm³/mol. The van der Waals surface area contributed by atoms with Crippen LogP contribution < -0.4 is 10.1 Å². The second-order valence-electron chi connectivity index (χ2n) is 6.59. The second-order valence-corrected chi connectivity index (χ2v) is 7.64. The van der Waals surface area contributed by atoms with Crippen molar-refractivity contribution in [2.45, 2.75) is 12.3 Å². The van der Waals surface area contributed by atoms with Crippen molar-refractivity contribution in [2.24, 2.45) is 0 Å². The number of hydrogen-bond acceptors (Lipinski definition) is 4. The topological polar surface area (TPSA) is 75.6 Å². The second kappa shape index (κ2) is 7.82. The molecule has 1 atom stereocenters. The number of nitrogens with one attached hydrogen (secondary N) is 1. The monoisotopic (exact) mass is 403 g/mol. The van der Waals surface area contributed by atoms with Crippen LogP contribution >= 0.6 is 11.3 Å². The lowest BCUT2D eigenvalue weighted by Gasteiger charge is -2.24. The number of aromatic carboxylic acids is 1. The maximum absolute atomic E-state index is 12.5. The largest absolute Gasteiger partial charge is 0.481 e. The summed E-state index contributed by atoms with van der Waals surface area (Å²) >= 11 is 1.21. The molecule has 2 N–H and O–H groups in total. The summed E-state index contributed by atoms with van der Waals surface area (Å²) in [5.74, 6) is 1.63. The standard InChI is InChI=1S/C23H17NO4S/c1-2-11-28-16-10-6-9-15(12-16)17-13-18(25)24-20-19(14-7-4-3-5-8-14)22(23(26)27)29-21(17)20/h1,3-10,12,17H,11,13H2,(H,24,25)(H,26,27)/t17-/m0/s1. The maximum Gasteiger partial charge on any atom is 0.346 e. The zero-order valence-electron chi connectivity index (χ0n) is 15.3. The van der Waals surface area contributed by atoms with Crippen LogP contribution in [0.5, 0.6) is 5.75 Å². The summed E-state index contributed by atoms with van der Waals surface area (Å²) in [6.45, 7) is 0.153. The van der Waals surface area contributed by atoms with E-state index >= 15 is 0 Å². The first-order valence-electron chi connectivity index (χ1n) is 9.00. The fourth-order valence-corrected chi connectivity index (χ4v) is 4.78. The van der Waals surface area contributed by atoms with Gasteiger partial charge in [0, 0.05) is 22.8 Å². The van der Waals surface area contributed by atoms with E-state index in [0.29, 0.717) is 17.0 Å². The van der Waals surface area contributed by atoms with Gasteiger partial charge in [-0.3, -0.25) is 4.79 Å². The Hall–Kier alpha value is -3.56. The molecule has 0 bridgehead atoms. The highest BCUT2D eigenvalue weighted by Crippen LogP contribution is 2.49. The van der Waals surface area contributed by atoms with Gasteiger partial charge < -0.3 is 15.2 Å². The van der Waals surface area contributed by atoms with Crippen LogP contribution in [0.2, 0.25) is 0 Å². The van der Waals surface area contributed by atoms with E-state index in [1.807, 2.05) is 48.5 Å². The molecule has 144 valence electrons. The fraction of sp³-hybridized carbons (Fsp3) is 0.130. The Morgan fingerprint density at radius 3 is 2.76 bits per heavy atom. The summed E-state index contributed by atoms with van der Waals surface area (Å²) in [5, 5.41) is 12.7. The van der Waals surface area contributed by atoms with Crippen LogP contribution in [0.4, 0.5) is 5.69 Å². The number of fused-ring (bicyclic) bond motifs is 1. The Balaban J connectivity index is 1.85. The molecule has 29 heavy (non-hydrogen) atoms. The average molecular weight is 403 g/mol. The average Bonchev–Trinajstić information content (AvgIpc) is 3.12. The van der Waals surface area contributed by atoms with Crippen LogP contribution in [0, 0.1) is 12.3 Å².